The summed E-state index contributed by atoms with van der Waals surface area (Å²) in [7, 11) is 0. The highest BCUT2D eigenvalue weighted by Crippen LogP contribution is 2.23. The number of carbonyl (C=O) groups excluding carboxylic acids is 1. The van der Waals surface area contributed by atoms with Crippen LogP contribution in [0, 0.1) is 10.1 Å². The third kappa shape index (κ3) is 4.11. The first-order chi connectivity index (χ1) is 12.6. The molecule has 0 aliphatic carbocycles. The fourth-order valence-corrected chi connectivity index (χ4v) is 2.97. The fraction of sp³-hybridized carbons (Fsp3) is 0.333. The number of aromatic nitrogens is 4. The van der Waals surface area contributed by atoms with Crippen molar-refractivity contribution in [3.63, 3.8) is 0 Å². The van der Waals surface area contributed by atoms with Gasteiger partial charge >= 0.3 is 5.82 Å². The Morgan fingerprint density at radius 1 is 1.46 bits per heavy atom. The number of carbonyl (C=O) groups is 1. The van der Waals surface area contributed by atoms with Gasteiger partial charge in [0.1, 0.15) is 12.7 Å². The van der Waals surface area contributed by atoms with Crippen LogP contribution < -0.4 is 0 Å². The first-order valence-electron chi connectivity index (χ1n) is 7.87. The summed E-state index contributed by atoms with van der Waals surface area (Å²) < 4.78 is 7.01. The summed E-state index contributed by atoms with van der Waals surface area (Å²) in [6, 6.07) is 3.77. The summed E-state index contributed by atoms with van der Waals surface area (Å²) in [6.07, 6.45) is 3.24. The van der Waals surface area contributed by atoms with Crippen LogP contribution in [0.3, 0.4) is 0 Å². The smallest absolute Gasteiger partial charge is 0.381 e. The van der Waals surface area contributed by atoms with Gasteiger partial charge in [0.05, 0.1) is 11.4 Å². The largest absolute Gasteiger partial charge is 0.418 e. The highest BCUT2D eigenvalue weighted by atomic mass is 32.1. The van der Waals surface area contributed by atoms with Gasteiger partial charge in [-0.25, -0.2) is 0 Å². The number of hydrogen-bond donors (Lipinski definition) is 0. The lowest BCUT2D eigenvalue weighted by Crippen LogP contribution is -2.34. The Hall–Kier alpha value is -3.08. The maximum atomic E-state index is 12.5. The number of amides is 1. The van der Waals surface area contributed by atoms with Gasteiger partial charge in [0.25, 0.3) is 5.89 Å². The van der Waals surface area contributed by atoms with Crippen molar-refractivity contribution in [1.29, 1.82) is 0 Å². The highest BCUT2D eigenvalue weighted by molar-refractivity contribution is 7.13. The summed E-state index contributed by atoms with van der Waals surface area (Å²) in [5.74, 6) is 0.253. The van der Waals surface area contributed by atoms with Gasteiger partial charge in [-0.2, -0.15) is 0 Å². The van der Waals surface area contributed by atoms with E-state index in [-0.39, 0.29) is 24.8 Å². The van der Waals surface area contributed by atoms with Gasteiger partial charge in [0.15, 0.2) is 0 Å². The van der Waals surface area contributed by atoms with E-state index in [4.69, 9.17) is 4.42 Å². The number of nitro groups is 1. The zero-order valence-corrected chi connectivity index (χ0v) is 14.8. The SMILES string of the molecule is CCCN(Cc1nnc(-c2cccs2)o1)C(=O)Cn1cnc([N+](=O)[O-])c1. The molecule has 0 spiro atoms. The predicted octanol–water partition coefficient (Wildman–Crippen LogP) is 2.34. The van der Waals surface area contributed by atoms with E-state index in [1.807, 2.05) is 24.4 Å². The van der Waals surface area contributed by atoms with Crippen molar-refractivity contribution in [3.8, 4) is 10.8 Å². The van der Waals surface area contributed by atoms with E-state index in [2.05, 4.69) is 15.2 Å². The molecule has 0 atom stereocenters. The number of thiophene rings is 1. The molecule has 26 heavy (non-hydrogen) atoms. The van der Waals surface area contributed by atoms with Crippen LogP contribution >= 0.6 is 11.3 Å². The zero-order valence-electron chi connectivity index (χ0n) is 13.9. The van der Waals surface area contributed by atoms with E-state index in [1.165, 1.54) is 28.4 Å². The molecule has 3 aromatic heterocycles. The molecule has 3 heterocycles. The van der Waals surface area contributed by atoms with Crippen molar-refractivity contribution in [2.24, 2.45) is 0 Å². The van der Waals surface area contributed by atoms with E-state index in [1.54, 1.807) is 4.90 Å². The zero-order chi connectivity index (χ0) is 18.5. The monoisotopic (exact) mass is 376 g/mol. The van der Waals surface area contributed by atoms with Crippen LogP contribution in [-0.2, 0) is 17.9 Å². The summed E-state index contributed by atoms with van der Waals surface area (Å²) >= 11 is 1.49. The van der Waals surface area contributed by atoms with Gasteiger partial charge < -0.3 is 24.0 Å². The van der Waals surface area contributed by atoms with Crippen LogP contribution in [0.15, 0.2) is 34.5 Å². The minimum Gasteiger partial charge on any atom is -0.418 e. The van der Waals surface area contributed by atoms with Crippen LogP contribution in [0.25, 0.3) is 10.8 Å². The number of imidazole rings is 1. The molecule has 0 aromatic carbocycles. The quantitative estimate of drug-likeness (QED) is 0.437. The maximum Gasteiger partial charge on any atom is 0.381 e. The average molecular weight is 376 g/mol. The third-order valence-electron chi connectivity index (χ3n) is 3.50. The van der Waals surface area contributed by atoms with Gasteiger partial charge in [-0.1, -0.05) is 13.0 Å². The van der Waals surface area contributed by atoms with E-state index >= 15 is 0 Å². The summed E-state index contributed by atoms with van der Waals surface area (Å²) in [5, 5.41) is 20.6. The lowest BCUT2D eigenvalue weighted by Gasteiger charge is -2.20. The normalized spacial score (nSPS) is 10.8. The van der Waals surface area contributed by atoms with Gasteiger partial charge in [-0.3, -0.25) is 4.79 Å². The van der Waals surface area contributed by atoms with Crippen molar-refractivity contribution in [1.82, 2.24) is 24.6 Å². The molecule has 0 saturated heterocycles. The third-order valence-corrected chi connectivity index (χ3v) is 4.35. The molecule has 136 valence electrons. The molecule has 10 nitrogen and oxygen atoms in total. The molecule has 11 heteroatoms. The topological polar surface area (TPSA) is 120 Å². The molecule has 0 saturated carbocycles. The molecule has 0 N–H and O–H groups in total. The second-order valence-corrected chi connectivity index (χ2v) is 6.40. The second kappa shape index (κ2) is 7.87. The molecule has 0 aliphatic rings. The molecule has 0 bridgehead atoms. The van der Waals surface area contributed by atoms with Crippen LogP contribution in [0.1, 0.15) is 19.2 Å². The minimum absolute atomic E-state index is 0.0489. The first-order valence-corrected chi connectivity index (χ1v) is 8.75. The minimum atomic E-state index is -0.602. The van der Waals surface area contributed by atoms with Crippen LogP contribution in [-0.4, -0.2) is 42.0 Å². The Kier molecular flexibility index (Phi) is 5.37. The van der Waals surface area contributed by atoms with Crippen LogP contribution in [0.2, 0.25) is 0 Å². The lowest BCUT2D eigenvalue weighted by molar-refractivity contribution is -0.389. The van der Waals surface area contributed by atoms with Crippen molar-refractivity contribution < 1.29 is 14.1 Å². The van der Waals surface area contributed by atoms with Gasteiger partial charge in [-0.05, 0) is 27.8 Å². The molecular weight excluding hydrogens is 360 g/mol. The fourth-order valence-electron chi connectivity index (χ4n) is 2.33. The predicted molar refractivity (Wildman–Crippen MR) is 92.2 cm³/mol. The number of rotatable bonds is 8. The molecule has 3 rings (SSSR count). The Morgan fingerprint density at radius 2 is 2.31 bits per heavy atom. The first kappa shape index (κ1) is 17.7. The molecule has 0 unspecified atom stereocenters. The highest BCUT2D eigenvalue weighted by Gasteiger charge is 2.19. The molecular formula is C15H16N6O4S. The Balaban J connectivity index is 1.67. The van der Waals surface area contributed by atoms with Crippen LogP contribution in [0.4, 0.5) is 5.82 Å². The molecule has 3 aromatic rings. The second-order valence-electron chi connectivity index (χ2n) is 5.45. The molecule has 0 fully saturated rings. The van der Waals surface area contributed by atoms with E-state index in [9.17, 15) is 14.9 Å². The molecule has 0 aliphatic heterocycles. The lowest BCUT2D eigenvalue weighted by atomic mass is 10.3. The van der Waals surface area contributed by atoms with Crippen molar-refractivity contribution in [3.05, 3.63) is 46.0 Å². The average Bonchev–Trinajstić information content (AvgIpc) is 3.35. The molecule has 1 amide bonds. The van der Waals surface area contributed by atoms with Gasteiger partial charge in [-0.15, -0.1) is 21.5 Å². The van der Waals surface area contributed by atoms with Crippen molar-refractivity contribution in [2.45, 2.75) is 26.4 Å². The van der Waals surface area contributed by atoms with E-state index < -0.39 is 4.92 Å². The van der Waals surface area contributed by atoms with Gasteiger partial charge in [0, 0.05) is 6.54 Å². The molecule has 0 radical (unpaired) electrons. The summed E-state index contributed by atoms with van der Waals surface area (Å²) in [6.45, 7) is 2.59. The standard InChI is InChI=1S/C15H16N6O4S/c1-2-5-20(14(22)9-19-7-12(16-10-19)21(23)24)8-13-17-18-15(25-13)11-4-3-6-26-11/h3-4,6-7,10H,2,5,8-9H2,1H3. The Morgan fingerprint density at radius 3 is 2.96 bits per heavy atom. The Bertz CT molecular complexity index is 888. The van der Waals surface area contributed by atoms with Crippen molar-refractivity contribution >= 4 is 23.1 Å². The number of nitrogens with zero attached hydrogens (tertiary/aromatic N) is 6. The number of hydrogen-bond acceptors (Lipinski definition) is 8. The summed E-state index contributed by atoms with van der Waals surface area (Å²) in [4.78, 5) is 28.7. The Labute approximate surface area is 152 Å². The van der Waals surface area contributed by atoms with Crippen molar-refractivity contribution in [2.75, 3.05) is 6.54 Å². The van der Waals surface area contributed by atoms with E-state index in [0.717, 1.165) is 11.3 Å². The van der Waals surface area contributed by atoms with E-state index in [0.29, 0.717) is 18.3 Å². The maximum absolute atomic E-state index is 12.5. The van der Waals surface area contributed by atoms with Crippen LogP contribution in [0.5, 0.6) is 0 Å². The summed E-state index contributed by atoms with van der Waals surface area (Å²) in [5.41, 5.74) is 0. The van der Waals surface area contributed by atoms with Gasteiger partial charge in [0.2, 0.25) is 18.1 Å².